The number of nitrogens with zero attached hydrogens (tertiary/aromatic N) is 2. The van der Waals surface area contributed by atoms with Gasteiger partial charge in [-0.2, -0.15) is 0 Å². The zero-order chi connectivity index (χ0) is 17.6. The highest BCUT2D eigenvalue weighted by atomic mass is 16.5. The lowest BCUT2D eigenvalue weighted by Crippen LogP contribution is -2.40. The zero-order valence-electron chi connectivity index (χ0n) is 15.1. The zero-order valence-corrected chi connectivity index (χ0v) is 15.1. The number of rotatable bonds is 5. The molecule has 1 aromatic carbocycles. The van der Waals surface area contributed by atoms with Gasteiger partial charge in [-0.3, -0.25) is 9.78 Å². The van der Waals surface area contributed by atoms with Crippen molar-refractivity contribution in [2.75, 3.05) is 20.2 Å². The van der Waals surface area contributed by atoms with Gasteiger partial charge in [0.05, 0.1) is 12.7 Å². The molecule has 2 aromatic rings. The SMILES string of the molecule is COc1cccc(CC[C@H]2CCCN(C(=O)c3ccc(C)nc3)C2)c1. The fourth-order valence-corrected chi connectivity index (χ4v) is 3.46. The predicted octanol–water partition coefficient (Wildman–Crippen LogP) is 3.88. The molecule has 4 heteroatoms. The van der Waals surface area contributed by atoms with Crippen LogP contribution in [0.1, 0.15) is 40.9 Å². The van der Waals surface area contributed by atoms with E-state index in [1.54, 1.807) is 13.3 Å². The maximum atomic E-state index is 12.7. The molecule has 4 nitrogen and oxygen atoms in total. The molecule has 3 rings (SSSR count). The lowest BCUT2D eigenvalue weighted by atomic mass is 9.91. The summed E-state index contributed by atoms with van der Waals surface area (Å²) < 4.78 is 5.29. The Morgan fingerprint density at radius 2 is 2.20 bits per heavy atom. The molecule has 0 bridgehead atoms. The van der Waals surface area contributed by atoms with Gasteiger partial charge in [-0.15, -0.1) is 0 Å². The number of aromatic nitrogens is 1. The van der Waals surface area contributed by atoms with Crippen molar-refractivity contribution in [2.24, 2.45) is 5.92 Å². The fraction of sp³-hybridized carbons (Fsp3) is 0.429. The largest absolute Gasteiger partial charge is 0.497 e. The van der Waals surface area contributed by atoms with E-state index < -0.39 is 0 Å². The summed E-state index contributed by atoms with van der Waals surface area (Å²) in [5.74, 6) is 1.57. The average molecular weight is 338 g/mol. The predicted molar refractivity (Wildman–Crippen MR) is 98.9 cm³/mol. The van der Waals surface area contributed by atoms with Crippen LogP contribution in [0, 0.1) is 12.8 Å². The Hall–Kier alpha value is -2.36. The normalized spacial score (nSPS) is 17.4. The smallest absolute Gasteiger partial charge is 0.255 e. The van der Waals surface area contributed by atoms with Crippen LogP contribution in [0.15, 0.2) is 42.6 Å². The van der Waals surface area contributed by atoms with Crippen molar-refractivity contribution in [1.29, 1.82) is 0 Å². The van der Waals surface area contributed by atoms with Crippen LogP contribution in [-0.2, 0) is 6.42 Å². The molecule has 1 amide bonds. The molecular formula is C21H26N2O2. The summed E-state index contributed by atoms with van der Waals surface area (Å²) in [6.07, 6.45) is 6.09. The van der Waals surface area contributed by atoms with Crippen LogP contribution in [-0.4, -0.2) is 36.0 Å². The van der Waals surface area contributed by atoms with E-state index in [0.717, 1.165) is 43.8 Å². The number of ether oxygens (including phenoxy) is 1. The Kier molecular flexibility index (Phi) is 5.69. The molecule has 0 spiro atoms. The second-order valence-electron chi connectivity index (χ2n) is 6.84. The van der Waals surface area contributed by atoms with E-state index in [-0.39, 0.29) is 5.91 Å². The van der Waals surface area contributed by atoms with Gasteiger partial charge in [-0.25, -0.2) is 0 Å². The van der Waals surface area contributed by atoms with E-state index in [4.69, 9.17) is 4.74 Å². The van der Waals surface area contributed by atoms with Gasteiger partial charge in [0.1, 0.15) is 5.75 Å². The molecule has 0 radical (unpaired) electrons. The Bertz CT molecular complexity index is 712. The van der Waals surface area contributed by atoms with Crippen molar-refractivity contribution in [3.05, 3.63) is 59.4 Å². The summed E-state index contributed by atoms with van der Waals surface area (Å²) in [5.41, 5.74) is 2.93. The van der Waals surface area contributed by atoms with Crippen LogP contribution >= 0.6 is 0 Å². The van der Waals surface area contributed by atoms with Gasteiger partial charge in [0.2, 0.25) is 0 Å². The molecule has 25 heavy (non-hydrogen) atoms. The number of piperidine rings is 1. The third-order valence-corrected chi connectivity index (χ3v) is 4.94. The maximum absolute atomic E-state index is 12.7. The summed E-state index contributed by atoms with van der Waals surface area (Å²) in [6, 6.07) is 12.0. The van der Waals surface area contributed by atoms with Gasteiger partial charge in [0, 0.05) is 25.0 Å². The second-order valence-corrected chi connectivity index (χ2v) is 6.84. The first-order valence-corrected chi connectivity index (χ1v) is 9.00. The summed E-state index contributed by atoms with van der Waals surface area (Å²) in [6.45, 7) is 3.63. The summed E-state index contributed by atoms with van der Waals surface area (Å²) in [4.78, 5) is 18.9. The highest BCUT2D eigenvalue weighted by molar-refractivity contribution is 5.94. The Morgan fingerprint density at radius 3 is 2.96 bits per heavy atom. The molecule has 1 saturated heterocycles. The van der Waals surface area contributed by atoms with Crippen LogP contribution in [0.2, 0.25) is 0 Å². The van der Waals surface area contributed by atoms with E-state index in [9.17, 15) is 4.79 Å². The molecule has 1 aliphatic heterocycles. The van der Waals surface area contributed by atoms with E-state index in [2.05, 4.69) is 17.1 Å². The Balaban J connectivity index is 1.57. The molecular weight excluding hydrogens is 312 g/mol. The number of benzene rings is 1. The third kappa shape index (κ3) is 4.59. The quantitative estimate of drug-likeness (QED) is 0.831. The van der Waals surface area contributed by atoms with Crippen LogP contribution in [0.3, 0.4) is 0 Å². The Morgan fingerprint density at radius 1 is 1.32 bits per heavy atom. The van der Waals surface area contributed by atoms with Crippen molar-refractivity contribution < 1.29 is 9.53 Å². The number of hydrogen-bond donors (Lipinski definition) is 0. The topological polar surface area (TPSA) is 42.4 Å². The van der Waals surface area contributed by atoms with Gasteiger partial charge in [0.15, 0.2) is 0 Å². The summed E-state index contributed by atoms with van der Waals surface area (Å²) in [5, 5.41) is 0. The molecule has 132 valence electrons. The molecule has 0 saturated carbocycles. The number of carbonyl (C=O) groups is 1. The van der Waals surface area contributed by atoms with Crippen molar-refractivity contribution in [1.82, 2.24) is 9.88 Å². The molecule has 1 fully saturated rings. The summed E-state index contributed by atoms with van der Waals surface area (Å²) in [7, 11) is 1.70. The number of amides is 1. The monoisotopic (exact) mass is 338 g/mol. The van der Waals surface area contributed by atoms with Crippen LogP contribution in [0.25, 0.3) is 0 Å². The number of pyridine rings is 1. The average Bonchev–Trinajstić information content (AvgIpc) is 2.67. The van der Waals surface area contributed by atoms with Crippen molar-refractivity contribution in [3.63, 3.8) is 0 Å². The van der Waals surface area contributed by atoms with Crippen molar-refractivity contribution in [2.45, 2.75) is 32.6 Å². The van der Waals surface area contributed by atoms with Crippen molar-refractivity contribution >= 4 is 5.91 Å². The van der Waals surface area contributed by atoms with Gasteiger partial charge >= 0.3 is 0 Å². The minimum Gasteiger partial charge on any atom is -0.497 e. The number of carbonyl (C=O) groups excluding carboxylic acids is 1. The lowest BCUT2D eigenvalue weighted by Gasteiger charge is -2.33. The second kappa shape index (κ2) is 8.15. The van der Waals surface area contributed by atoms with E-state index in [1.165, 1.54) is 12.0 Å². The fourth-order valence-electron chi connectivity index (χ4n) is 3.46. The third-order valence-electron chi connectivity index (χ3n) is 4.94. The van der Waals surface area contributed by atoms with Gasteiger partial charge < -0.3 is 9.64 Å². The number of methoxy groups -OCH3 is 1. The minimum atomic E-state index is 0.110. The van der Waals surface area contributed by atoms with Gasteiger partial charge in [-0.05, 0) is 68.4 Å². The minimum absolute atomic E-state index is 0.110. The molecule has 1 aromatic heterocycles. The van der Waals surface area contributed by atoms with E-state index in [1.807, 2.05) is 36.1 Å². The molecule has 0 unspecified atom stereocenters. The van der Waals surface area contributed by atoms with Crippen LogP contribution in [0.5, 0.6) is 5.75 Å². The first-order chi connectivity index (χ1) is 12.2. The highest BCUT2D eigenvalue weighted by Crippen LogP contribution is 2.24. The van der Waals surface area contributed by atoms with Crippen LogP contribution in [0.4, 0.5) is 0 Å². The maximum Gasteiger partial charge on any atom is 0.255 e. The van der Waals surface area contributed by atoms with E-state index >= 15 is 0 Å². The number of likely N-dealkylation sites (tertiary alicyclic amines) is 1. The lowest BCUT2D eigenvalue weighted by molar-refractivity contribution is 0.0668. The van der Waals surface area contributed by atoms with E-state index in [0.29, 0.717) is 11.5 Å². The van der Waals surface area contributed by atoms with Gasteiger partial charge in [0.25, 0.3) is 5.91 Å². The standard InChI is InChI=1S/C21H26N2O2/c1-16-8-11-19(14-22-16)21(24)23-12-4-6-18(15-23)10-9-17-5-3-7-20(13-17)25-2/h3,5,7-8,11,13-14,18H,4,6,9-10,12,15H2,1-2H3/t18-/m1/s1. The first-order valence-electron chi connectivity index (χ1n) is 9.00. The molecule has 0 N–H and O–H groups in total. The first kappa shape index (κ1) is 17.5. The van der Waals surface area contributed by atoms with Crippen LogP contribution < -0.4 is 4.74 Å². The highest BCUT2D eigenvalue weighted by Gasteiger charge is 2.24. The van der Waals surface area contributed by atoms with Gasteiger partial charge in [-0.1, -0.05) is 12.1 Å². The number of hydrogen-bond acceptors (Lipinski definition) is 3. The molecule has 1 atom stereocenters. The molecule has 2 heterocycles. The molecule has 0 aliphatic carbocycles. The molecule has 1 aliphatic rings. The number of aryl methyl sites for hydroxylation is 2. The summed E-state index contributed by atoms with van der Waals surface area (Å²) >= 11 is 0. The Labute approximate surface area is 149 Å². The van der Waals surface area contributed by atoms with Crippen molar-refractivity contribution in [3.8, 4) is 5.75 Å².